The fraction of sp³-hybridized carbons (Fsp3) is 0.400. The number of rotatable bonds is 4. The van der Waals surface area contributed by atoms with Gasteiger partial charge in [0.15, 0.2) is 11.5 Å². The molecule has 30 heavy (non-hydrogen) atoms. The fourth-order valence-electron chi connectivity index (χ4n) is 3.38. The fourth-order valence-corrected chi connectivity index (χ4v) is 3.38. The Bertz CT molecular complexity index is 943. The van der Waals surface area contributed by atoms with Gasteiger partial charge in [-0.25, -0.2) is 0 Å². The summed E-state index contributed by atoms with van der Waals surface area (Å²) in [4.78, 5) is 12.4. The Labute approximate surface area is 178 Å². The molecule has 0 saturated heterocycles. The summed E-state index contributed by atoms with van der Waals surface area (Å²) in [5, 5.41) is 13.8. The van der Waals surface area contributed by atoms with Gasteiger partial charge in [-0.3, -0.25) is 4.79 Å². The molecule has 0 radical (unpaired) electrons. The van der Waals surface area contributed by atoms with E-state index in [0.717, 1.165) is 22.3 Å². The summed E-state index contributed by atoms with van der Waals surface area (Å²) in [6, 6.07) is 9.51. The molecule has 3 rings (SSSR count). The average molecular weight is 410 g/mol. The summed E-state index contributed by atoms with van der Waals surface area (Å²) in [6.07, 6.45) is 3.25. The molecule has 1 heterocycles. The molecule has 5 nitrogen and oxygen atoms in total. The Morgan fingerprint density at radius 3 is 2.20 bits per heavy atom. The summed E-state index contributed by atoms with van der Waals surface area (Å²) >= 11 is 0. The Morgan fingerprint density at radius 1 is 1.00 bits per heavy atom. The number of fused-ring (bicyclic) bond motifs is 1. The molecule has 1 aliphatic rings. The largest absolute Gasteiger partial charge is 0.507 e. The molecular weight excluding hydrogens is 378 g/mol. The summed E-state index contributed by atoms with van der Waals surface area (Å²) in [5.74, 6) is 1.56. The predicted molar refractivity (Wildman–Crippen MR) is 119 cm³/mol. The van der Waals surface area contributed by atoms with Crippen molar-refractivity contribution in [2.75, 3.05) is 6.79 Å². The van der Waals surface area contributed by atoms with Crippen LogP contribution in [0, 0.1) is 0 Å². The van der Waals surface area contributed by atoms with Crippen LogP contribution in [0.4, 0.5) is 0 Å². The number of ether oxygens (including phenoxy) is 2. The minimum absolute atomic E-state index is 0.185. The van der Waals surface area contributed by atoms with E-state index >= 15 is 0 Å². The smallest absolute Gasteiger partial charge is 0.244 e. The van der Waals surface area contributed by atoms with Crippen molar-refractivity contribution in [2.24, 2.45) is 0 Å². The van der Waals surface area contributed by atoms with E-state index in [1.807, 2.05) is 30.3 Å². The quantitative estimate of drug-likeness (QED) is 0.694. The Kier molecular flexibility index (Phi) is 5.84. The predicted octanol–water partition coefficient (Wildman–Crippen LogP) is 5.05. The molecule has 0 aromatic heterocycles. The van der Waals surface area contributed by atoms with Crippen LogP contribution in [0.25, 0.3) is 6.08 Å². The highest BCUT2D eigenvalue weighted by Gasteiger charge is 2.26. The van der Waals surface area contributed by atoms with Crippen molar-refractivity contribution < 1.29 is 19.4 Å². The average Bonchev–Trinajstić information content (AvgIpc) is 3.11. The van der Waals surface area contributed by atoms with Crippen LogP contribution in [-0.4, -0.2) is 17.8 Å². The van der Waals surface area contributed by atoms with E-state index in [4.69, 9.17) is 9.47 Å². The van der Waals surface area contributed by atoms with Gasteiger partial charge in [0.05, 0.1) is 0 Å². The molecule has 1 aliphatic heterocycles. The molecule has 0 fully saturated rings. The SMILES string of the molecule is CC(C)(C)c1cc(CNC(=O)C=Cc2ccc3c(c2)OCO3)cc(C(C)(C)C)c1O. The van der Waals surface area contributed by atoms with Crippen LogP contribution in [0.15, 0.2) is 36.4 Å². The van der Waals surface area contributed by atoms with Crippen LogP contribution in [0.3, 0.4) is 0 Å². The second kappa shape index (κ2) is 8.05. The number of hydrogen-bond acceptors (Lipinski definition) is 4. The van der Waals surface area contributed by atoms with E-state index in [1.165, 1.54) is 6.08 Å². The molecular formula is C25H31NO4. The molecule has 0 spiro atoms. The van der Waals surface area contributed by atoms with Crippen molar-refractivity contribution in [1.82, 2.24) is 5.32 Å². The van der Waals surface area contributed by atoms with Crippen LogP contribution < -0.4 is 14.8 Å². The lowest BCUT2D eigenvalue weighted by molar-refractivity contribution is -0.116. The Hall–Kier alpha value is -2.95. The van der Waals surface area contributed by atoms with Gasteiger partial charge in [-0.15, -0.1) is 0 Å². The number of amides is 1. The lowest BCUT2D eigenvalue weighted by Gasteiger charge is -2.28. The Morgan fingerprint density at radius 2 is 1.60 bits per heavy atom. The normalized spacial score (nSPS) is 13.7. The number of phenols is 1. The minimum Gasteiger partial charge on any atom is -0.507 e. The van der Waals surface area contributed by atoms with Gasteiger partial charge in [-0.2, -0.15) is 0 Å². The molecule has 5 heteroatoms. The highest BCUT2D eigenvalue weighted by atomic mass is 16.7. The van der Waals surface area contributed by atoms with Gasteiger partial charge in [0.25, 0.3) is 0 Å². The lowest BCUT2D eigenvalue weighted by Crippen LogP contribution is -2.22. The van der Waals surface area contributed by atoms with Crippen LogP contribution in [0.5, 0.6) is 17.2 Å². The molecule has 2 N–H and O–H groups in total. The van der Waals surface area contributed by atoms with Gasteiger partial charge in [-0.1, -0.05) is 47.6 Å². The van der Waals surface area contributed by atoms with Crippen molar-refractivity contribution in [2.45, 2.75) is 58.9 Å². The van der Waals surface area contributed by atoms with Crippen LogP contribution in [0.2, 0.25) is 0 Å². The summed E-state index contributed by atoms with van der Waals surface area (Å²) in [5.41, 5.74) is 3.19. The third-order valence-corrected chi connectivity index (χ3v) is 5.08. The molecule has 2 aromatic carbocycles. The highest BCUT2D eigenvalue weighted by Crippen LogP contribution is 2.39. The van der Waals surface area contributed by atoms with Crippen LogP contribution >= 0.6 is 0 Å². The third kappa shape index (κ3) is 4.96. The van der Waals surface area contributed by atoms with E-state index in [1.54, 1.807) is 6.08 Å². The maximum absolute atomic E-state index is 12.4. The number of nitrogens with one attached hydrogen (secondary N) is 1. The zero-order valence-electron chi connectivity index (χ0n) is 18.6. The van der Waals surface area contributed by atoms with E-state index in [2.05, 4.69) is 46.9 Å². The third-order valence-electron chi connectivity index (χ3n) is 5.08. The van der Waals surface area contributed by atoms with Gasteiger partial charge >= 0.3 is 0 Å². The van der Waals surface area contributed by atoms with E-state index in [9.17, 15) is 9.90 Å². The Balaban J connectivity index is 1.74. The number of carbonyl (C=O) groups is 1. The van der Waals surface area contributed by atoms with Crippen molar-refractivity contribution in [1.29, 1.82) is 0 Å². The molecule has 0 unspecified atom stereocenters. The van der Waals surface area contributed by atoms with Gasteiger partial charge in [0, 0.05) is 12.6 Å². The molecule has 160 valence electrons. The zero-order chi connectivity index (χ0) is 22.1. The number of aromatic hydroxyl groups is 1. The number of phenolic OH excluding ortho intramolecular Hbond substituents is 1. The standard InChI is InChI=1S/C25H31NO4/c1-24(2,3)18-11-17(12-19(23(18)28)25(4,5)6)14-26-22(27)10-8-16-7-9-20-21(13-16)30-15-29-20/h7-13,28H,14-15H2,1-6H3,(H,26,27). The van der Waals surface area contributed by atoms with E-state index in [-0.39, 0.29) is 23.5 Å². The monoisotopic (exact) mass is 409 g/mol. The van der Waals surface area contributed by atoms with Crippen molar-refractivity contribution >= 4 is 12.0 Å². The van der Waals surface area contributed by atoms with Crippen LogP contribution in [0.1, 0.15) is 63.8 Å². The van der Waals surface area contributed by atoms with Crippen LogP contribution in [-0.2, 0) is 22.2 Å². The second-order valence-corrected chi connectivity index (χ2v) is 9.70. The first-order valence-corrected chi connectivity index (χ1v) is 10.2. The minimum atomic E-state index is -0.205. The summed E-state index contributed by atoms with van der Waals surface area (Å²) in [6.45, 7) is 13.1. The van der Waals surface area contributed by atoms with Crippen molar-refractivity contribution in [3.05, 3.63) is 58.7 Å². The molecule has 2 aromatic rings. The van der Waals surface area contributed by atoms with Gasteiger partial charge in [-0.05, 0) is 63.4 Å². The maximum Gasteiger partial charge on any atom is 0.244 e. The first-order chi connectivity index (χ1) is 13.9. The molecule has 0 bridgehead atoms. The van der Waals surface area contributed by atoms with E-state index < -0.39 is 0 Å². The zero-order valence-corrected chi connectivity index (χ0v) is 18.6. The second-order valence-electron chi connectivity index (χ2n) is 9.70. The topological polar surface area (TPSA) is 67.8 Å². The van der Waals surface area contributed by atoms with Gasteiger partial charge in [0.2, 0.25) is 12.7 Å². The first-order valence-electron chi connectivity index (χ1n) is 10.2. The summed E-state index contributed by atoms with van der Waals surface area (Å²) in [7, 11) is 0. The summed E-state index contributed by atoms with van der Waals surface area (Å²) < 4.78 is 10.7. The van der Waals surface area contributed by atoms with E-state index in [0.29, 0.717) is 23.8 Å². The van der Waals surface area contributed by atoms with Gasteiger partial charge < -0.3 is 19.9 Å². The maximum atomic E-state index is 12.4. The molecule has 0 aliphatic carbocycles. The molecule has 0 atom stereocenters. The number of hydrogen-bond donors (Lipinski definition) is 2. The van der Waals surface area contributed by atoms with Gasteiger partial charge in [0.1, 0.15) is 5.75 Å². The first kappa shape index (κ1) is 21.8. The lowest BCUT2D eigenvalue weighted by atomic mass is 9.78. The number of benzene rings is 2. The van der Waals surface area contributed by atoms with Crippen molar-refractivity contribution in [3.8, 4) is 17.2 Å². The number of carbonyl (C=O) groups excluding carboxylic acids is 1. The molecule has 1 amide bonds. The molecule has 0 saturated carbocycles. The highest BCUT2D eigenvalue weighted by molar-refractivity contribution is 5.91. The van der Waals surface area contributed by atoms with Crippen molar-refractivity contribution in [3.63, 3.8) is 0 Å².